The van der Waals surface area contributed by atoms with Gasteiger partial charge in [-0.1, -0.05) is 15.9 Å². The zero-order valence-corrected chi connectivity index (χ0v) is 12.6. The van der Waals surface area contributed by atoms with Crippen molar-refractivity contribution in [1.29, 1.82) is 0 Å². The molecule has 0 saturated carbocycles. The molecule has 0 saturated heterocycles. The monoisotopic (exact) mass is 354 g/mol. The highest BCUT2D eigenvalue weighted by atomic mass is 79.9. The lowest BCUT2D eigenvalue weighted by atomic mass is 10.2. The van der Waals surface area contributed by atoms with Gasteiger partial charge in [0.15, 0.2) is 0 Å². The topological polar surface area (TPSA) is 78.4 Å². The number of hydrogen-bond donors (Lipinski definition) is 3. The molecule has 2 rings (SSSR count). The lowest BCUT2D eigenvalue weighted by molar-refractivity contribution is 0.0698. The van der Waals surface area contributed by atoms with Gasteiger partial charge in [-0.25, -0.2) is 9.59 Å². The maximum Gasteiger partial charge on any atom is 0.337 e. The van der Waals surface area contributed by atoms with Gasteiger partial charge in [0.2, 0.25) is 0 Å². The van der Waals surface area contributed by atoms with E-state index in [-0.39, 0.29) is 11.3 Å². The lowest BCUT2D eigenvalue weighted by Gasteiger charge is -2.10. The number of hydrogen-bond acceptors (Lipinski definition) is 3. The predicted octanol–water partition coefficient (Wildman–Crippen LogP) is 3.53. The van der Waals surface area contributed by atoms with Crippen molar-refractivity contribution in [2.75, 3.05) is 5.32 Å². The summed E-state index contributed by atoms with van der Waals surface area (Å²) < 4.78 is 0.690. The number of amides is 2. The van der Waals surface area contributed by atoms with Crippen LogP contribution in [0.2, 0.25) is 0 Å². The minimum Gasteiger partial charge on any atom is -0.478 e. The molecule has 3 N–H and O–H groups in total. The average Bonchev–Trinajstić information content (AvgIpc) is 2.89. The molecule has 104 valence electrons. The van der Waals surface area contributed by atoms with Gasteiger partial charge in [0.05, 0.1) is 11.3 Å². The normalized spacial score (nSPS) is 10.1. The van der Waals surface area contributed by atoms with E-state index in [1.54, 1.807) is 23.5 Å². The van der Waals surface area contributed by atoms with Gasteiger partial charge in [0.1, 0.15) is 0 Å². The quantitative estimate of drug-likeness (QED) is 0.785. The van der Waals surface area contributed by atoms with Crippen LogP contribution in [0.5, 0.6) is 0 Å². The zero-order chi connectivity index (χ0) is 14.5. The third-order valence-electron chi connectivity index (χ3n) is 2.49. The van der Waals surface area contributed by atoms with Crippen LogP contribution in [0, 0.1) is 0 Å². The van der Waals surface area contributed by atoms with Crippen LogP contribution in [0.3, 0.4) is 0 Å². The summed E-state index contributed by atoms with van der Waals surface area (Å²) in [6.07, 6.45) is 0. The first kappa shape index (κ1) is 14.5. The number of rotatable bonds is 4. The number of urea groups is 1. The highest BCUT2D eigenvalue weighted by Crippen LogP contribution is 2.21. The van der Waals surface area contributed by atoms with Crippen LogP contribution < -0.4 is 10.6 Å². The Balaban J connectivity index is 2.03. The van der Waals surface area contributed by atoms with Crippen LogP contribution in [-0.4, -0.2) is 17.1 Å². The van der Waals surface area contributed by atoms with Gasteiger partial charge < -0.3 is 15.7 Å². The average molecular weight is 355 g/mol. The molecule has 0 atom stereocenters. The lowest BCUT2D eigenvalue weighted by Crippen LogP contribution is -2.28. The third-order valence-corrected chi connectivity index (χ3v) is 3.72. The van der Waals surface area contributed by atoms with E-state index in [9.17, 15) is 9.59 Å². The summed E-state index contributed by atoms with van der Waals surface area (Å²) in [7, 11) is 0. The number of halogens is 1. The molecule has 2 aromatic rings. The van der Waals surface area contributed by atoms with Crippen molar-refractivity contribution in [3.05, 3.63) is 50.6 Å². The Labute approximate surface area is 127 Å². The van der Waals surface area contributed by atoms with E-state index in [4.69, 9.17) is 5.11 Å². The van der Waals surface area contributed by atoms with Crippen LogP contribution in [0.15, 0.2) is 39.5 Å². The number of thiophene rings is 1. The molecule has 2 amide bonds. The summed E-state index contributed by atoms with van der Waals surface area (Å²) in [5.41, 5.74) is 1.28. The fourth-order valence-electron chi connectivity index (χ4n) is 1.55. The number of carboxylic acids is 1. The van der Waals surface area contributed by atoms with Crippen molar-refractivity contribution >= 4 is 45.0 Å². The SMILES string of the molecule is O=C(NCc1ccsc1)Nc1cc(Br)ccc1C(=O)O. The number of carbonyl (C=O) groups excluding carboxylic acids is 1. The Kier molecular flexibility index (Phi) is 4.75. The molecule has 0 spiro atoms. The summed E-state index contributed by atoms with van der Waals surface area (Å²) in [6.45, 7) is 0.395. The first-order valence-corrected chi connectivity index (χ1v) is 7.38. The van der Waals surface area contributed by atoms with Gasteiger partial charge >= 0.3 is 12.0 Å². The largest absolute Gasteiger partial charge is 0.478 e. The van der Waals surface area contributed by atoms with Gasteiger partial charge in [-0.15, -0.1) is 0 Å². The number of carboxylic acid groups (broad SMARTS) is 1. The molecule has 7 heteroatoms. The molecule has 0 aliphatic carbocycles. The van der Waals surface area contributed by atoms with Gasteiger partial charge in [0.25, 0.3) is 0 Å². The molecule has 0 aliphatic heterocycles. The Morgan fingerprint density at radius 1 is 1.30 bits per heavy atom. The van der Waals surface area contributed by atoms with E-state index < -0.39 is 12.0 Å². The smallest absolute Gasteiger partial charge is 0.337 e. The third kappa shape index (κ3) is 3.82. The van der Waals surface area contributed by atoms with Crippen molar-refractivity contribution < 1.29 is 14.7 Å². The van der Waals surface area contributed by atoms with Crippen LogP contribution >= 0.6 is 27.3 Å². The molecule has 1 aromatic carbocycles. The van der Waals surface area contributed by atoms with Crippen molar-refractivity contribution in [2.45, 2.75) is 6.54 Å². The second-order valence-electron chi connectivity index (χ2n) is 3.93. The fraction of sp³-hybridized carbons (Fsp3) is 0.0769. The van der Waals surface area contributed by atoms with E-state index in [1.165, 1.54) is 6.07 Å². The highest BCUT2D eigenvalue weighted by Gasteiger charge is 2.12. The molecule has 20 heavy (non-hydrogen) atoms. The molecular formula is C13H11BrN2O3S. The molecule has 1 aromatic heterocycles. The first-order chi connectivity index (χ1) is 9.56. The summed E-state index contributed by atoms with van der Waals surface area (Å²) in [5, 5.41) is 18.1. The van der Waals surface area contributed by atoms with E-state index >= 15 is 0 Å². The second-order valence-corrected chi connectivity index (χ2v) is 5.63. The maximum absolute atomic E-state index is 11.8. The summed E-state index contributed by atoms with van der Waals surface area (Å²) >= 11 is 4.79. The standard InChI is InChI=1S/C13H11BrN2O3S/c14-9-1-2-10(12(17)18)11(5-9)16-13(19)15-6-8-3-4-20-7-8/h1-5,7H,6H2,(H,17,18)(H2,15,16,19). The minimum absolute atomic E-state index is 0.0406. The second kappa shape index (κ2) is 6.53. The van der Waals surface area contributed by atoms with E-state index in [1.807, 2.05) is 16.8 Å². The first-order valence-electron chi connectivity index (χ1n) is 5.65. The van der Waals surface area contributed by atoms with Crippen molar-refractivity contribution in [3.8, 4) is 0 Å². The van der Waals surface area contributed by atoms with Crippen molar-refractivity contribution in [1.82, 2.24) is 5.32 Å². The Morgan fingerprint density at radius 2 is 2.10 bits per heavy atom. The molecule has 0 unspecified atom stereocenters. The van der Waals surface area contributed by atoms with Gasteiger partial charge in [-0.3, -0.25) is 0 Å². The van der Waals surface area contributed by atoms with Crippen LogP contribution in [-0.2, 0) is 6.54 Å². The minimum atomic E-state index is -1.09. The number of aromatic carboxylic acids is 1. The molecular weight excluding hydrogens is 344 g/mol. The fourth-order valence-corrected chi connectivity index (χ4v) is 2.58. The maximum atomic E-state index is 11.8. The summed E-state index contributed by atoms with van der Waals surface area (Å²) in [4.78, 5) is 22.8. The summed E-state index contributed by atoms with van der Waals surface area (Å²) in [5.74, 6) is -1.09. The van der Waals surface area contributed by atoms with Crippen LogP contribution in [0.4, 0.5) is 10.5 Å². The number of anilines is 1. The zero-order valence-electron chi connectivity index (χ0n) is 10.2. The van der Waals surface area contributed by atoms with E-state index in [2.05, 4.69) is 26.6 Å². The van der Waals surface area contributed by atoms with Gasteiger partial charge in [0, 0.05) is 11.0 Å². The van der Waals surface area contributed by atoms with E-state index in [0.29, 0.717) is 11.0 Å². The molecule has 1 heterocycles. The number of nitrogens with one attached hydrogen (secondary N) is 2. The molecule has 0 bridgehead atoms. The molecule has 5 nitrogen and oxygen atoms in total. The predicted molar refractivity (Wildman–Crippen MR) is 81.3 cm³/mol. The molecule has 0 aliphatic rings. The van der Waals surface area contributed by atoms with Gasteiger partial charge in [-0.05, 0) is 40.6 Å². The number of carbonyl (C=O) groups is 2. The molecule has 0 fully saturated rings. The van der Waals surface area contributed by atoms with Crippen LogP contribution in [0.25, 0.3) is 0 Å². The highest BCUT2D eigenvalue weighted by molar-refractivity contribution is 9.10. The van der Waals surface area contributed by atoms with Crippen LogP contribution in [0.1, 0.15) is 15.9 Å². The number of benzene rings is 1. The van der Waals surface area contributed by atoms with Gasteiger partial charge in [-0.2, -0.15) is 11.3 Å². The Bertz CT molecular complexity index is 629. The summed E-state index contributed by atoms with van der Waals surface area (Å²) in [6, 6.07) is 6.05. The Hall–Kier alpha value is -1.86. The van der Waals surface area contributed by atoms with Crippen molar-refractivity contribution in [2.24, 2.45) is 0 Å². The Morgan fingerprint density at radius 3 is 2.75 bits per heavy atom. The van der Waals surface area contributed by atoms with E-state index in [0.717, 1.165) is 5.56 Å². The molecule has 0 radical (unpaired) electrons. The van der Waals surface area contributed by atoms with Crippen molar-refractivity contribution in [3.63, 3.8) is 0 Å².